The highest BCUT2D eigenvalue weighted by atomic mass is 32.2. The molecule has 0 heterocycles. The lowest BCUT2D eigenvalue weighted by Crippen LogP contribution is -2.42. The van der Waals surface area contributed by atoms with E-state index in [1.165, 1.54) is 0 Å². The molecule has 0 aliphatic rings. The second-order valence-corrected chi connectivity index (χ2v) is 7.09. The fourth-order valence-electron chi connectivity index (χ4n) is 0.752. The number of carbonyl (C=O) groups is 1. The van der Waals surface area contributed by atoms with Crippen molar-refractivity contribution in [3.05, 3.63) is 0 Å². The van der Waals surface area contributed by atoms with Gasteiger partial charge in [-0.2, -0.15) is 13.1 Å². The molecule has 0 radical (unpaired) electrons. The van der Waals surface area contributed by atoms with Crippen LogP contribution in [0.1, 0.15) is 41.5 Å². The minimum absolute atomic E-state index is 0.258. The molecule has 0 aromatic carbocycles. The van der Waals surface area contributed by atoms with E-state index in [1.807, 2.05) is 0 Å². The summed E-state index contributed by atoms with van der Waals surface area (Å²) in [6, 6.07) is 0. The first-order valence-electron chi connectivity index (χ1n) is 5.05. The van der Waals surface area contributed by atoms with Crippen LogP contribution in [-0.2, 0) is 19.3 Å². The summed E-state index contributed by atoms with van der Waals surface area (Å²) < 4.78 is 29.7. The Morgan fingerprint density at radius 3 is 1.88 bits per heavy atom. The fourth-order valence-corrected chi connectivity index (χ4v) is 1.82. The van der Waals surface area contributed by atoms with Crippen molar-refractivity contribution < 1.29 is 17.4 Å². The van der Waals surface area contributed by atoms with Crippen molar-refractivity contribution in [1.82, 2.24) is 4.72 Å². The Morgan fingerprint density at radius 1 is 1.12 bits per heavy atom. The van der Waals surface area contributed by atoms with Crippen LogP contribution in [0.4, 0.5) is 0 Å². The molecule has 0 saturated carbocycles. The van der Waals surface area contributed by atoms with E-state index >= 15 is 0 Å². The second-order valence-electron chi connectivity index (χ2n) is 5.74. The van der Waals surface area contributed by atoms with Gasteiger partial charge >= 0.3 is 10.3 Å². The topological polar surface area (TPSA) is 72.5 Å². The van der Waals surface area contributed by atoms with Crippen LogP contribution in [-0.4, -0.2) is 26.3 Å². The van der Waals surface area contributed by atoms with Crippen molar-refractivity contribution >= 4 is 16.1 Å². The summed E-state index contributed by atoms with van der Waals surface area (Å²) in [4.78, 5) is 11.5. The first-order chi connectivity index (χ1) is 6.83. The summed E-state index contributed by atoms with van der Waals surface area (Å²) in [7, 11) is -3.87. The van der Waals surface area contributed by atoms with Gasteiger partial charge in [-0.05, 0) is 20.8 Å². The van der Waals surface area contributed by atoms with Crippen molar-refractivity contribution in [3.8, 4) is 0 Å². The van der Waals surface area contributed by atoms with E-state index in [4.69, 9.17) is 0 Å². The van der Waals surface area contributed by atoms with Gasteiger partial charge in [0.1, 0.15) is 6.61 Å². The van der Waals surface area contributed by atoms with Gasteiger partial charge < -0.3 is 0 Å². The average Bonchev–Trinajstić information content (AvgIpc) is 1.93. The number of nitrogens with one attached hydrogen (secondary N) is 1. The summed E-state index contributed by atoms with van der Waals surface area (Å²) in [5.74, 6) is -0.258. The molecular formula is C10H21NO4S. The third-order valence-corrected chi connectivity index (χ3v) is 2.90. The van der Waals surface area contributed by atoms with Gasteiger partial charge in [-0.25, -0.2) is 0 Å². The Balaban J connectivity index is 4.38. The van der Waals surface area contributed by atoms with Crippen LogP contribution in [0.15, 0.2) is 0 Å². The predicted molar refractivity (Wildman–Crippen MR) is 62.2 cm³/mol. The molecule has 1 N–H and O–H groups in total. The van der Waals surface area contributed by atoms with Crippen molar-refractivity contribution in [2.75, 3.05) is 6.61 Å². The van der Waals surface area contributed by atoms with Crippen LogP contribution in [0.5, 0.6) is 0 Å². The van der Waals surface area contributed by atoms with Crippen LogP contribution in [0.3, 0.4) is 0 Å². The van der Waals surface area contributed by atoms with Gasteiger partial charge in [-0.1, -0.05) is 20.8 Å². The maximum atomic E-state index is 11.5. The van der Waals surface area contributed by atoms with Gasteiger partial charge in [0.25, 0.3) is 0 Å². The van der Waals surface area contributed by atoms with Gasteiger partial charge in [0, 0.05) is 11.0 Å². The molecule has 0 aliphatic carbocycles. The second kappa shape index (κ2) is 4.81. The maximum Gasteiger partial charge on any atom is 0.336 e. The SMILES string of the molecule is CC(C)(C)NS(=O)(=O)OCC(=O)C(C)(C)C. The molecule has 0 fully saturated rings. The van der Waals surface area contributed by atoms with E-state index in [2.05, 4.69) is 8.91 Å². The lowest BCUT2D eigenvalue weighted by Gasteiger charge is -2.21. The molecule has 0 spiro atoms. The fraction of sp³-hybridized carbons (Fsp3) is 0.900. The summed E-state index contributed by atoms with van der Waals surface area (Å²) in [5.41, 5.74) is -1.22. The van der Waals surface area contributed by atoms with Crippen LogP contribution < -0.4 is 4.72 Å². The summed E-state index contributed by atoms with van der Waals surface area (Å²) in [6.45, 7) is 9.78. The number of hydrogen-bond donors (Lipinski definition) is 1. The van der Waals surface area contributed by atoms with Crippen molar-refractivity contribution in [3.63, 3.8) is 0 Å². The van der Waals surface area contributed by atoms with Gasteiger partial charge in [-0.15, -0.1) is 0 Å². The molecule has 0 aromatic rings. The zero-order valence-corrected chi connectivity index (χ0v) is 11.6. The molecule has 0 aliphatic heterocycles. The number of ketones is 1. The molecule has 0 amide bonds. The predicted octanol–water partition coefficient (Wildman–Crippen LogP) is 1.25. The van der Waals surface area contributed by atoms with Gasteiger partial charge in [0.15, 0.2) is 5.78 Å². The Bertz CT molecular complexity index is 346. The summed E-state index contributed by atoms with van der Waals surface area (Å²) in [5, 5.41) is 0. The molecule has 0 unspecified atom stereocenters. The largest absolute Gasteiger partial charge is 0.336 e. The van der Waals surface area contributed by atoms with Crippen LogP contribution >= 0.6 is 0 Å². The maximum absolute atomic E-state index is 11.5. The molecule has 0 atom stereocenters. The number of Topliss-reactive ketones (excluding diaryl/α,β-unsaturated/α-hetero) is 1. The molecule has 5 nitrogen and oxygen atoms in total. The number of carbonyl (C=O) groups excluding carboxylic acids is 1. The van der Waals surface area contributed by atoms with E-state index in [-0.39, 0.29) is 5.78 Å². The van der Waals surface area contributed by atoms with Crippen molar-refractivity contribution in [2.24, 2.45) is 5.41 Å². The summed E-state index contributed by atoms with van der Waals surface area (Å²) in [6.07, 6.45) is 0. The van der Waals surface area contributed by atoms with E-state index in [9.17, 15) is 13.2 Å². The molecule has 96 valence electrons. The van der Waals surface area contributed by atoms with E-state index in [0.717, 1.165) is 0 Å². The van der Waals surface area contributed by atoms with Crippen LogP contribution in [0.25, 0.3) is 0 Å². The minimum Gasteiger partial charge on any atom is -0.296 e. The van der Waals surface area contributed by atoms with E-state index in [0.29, 0.717) is 0 Å². The summed E-state index contributed by atoms with van der Waals surface area (Å²) >= 11 is 0. The zero-order chi connectivity index (χ0) is 13.2. The number of hydrogen-bond acceptors (Lipinski definition) is 4. The molecule has 0 bridgehead atoms. The zero-order valence-electron chi connectivity index (χ0n) is 10.7. The molecule has 6 heteroatoms. The smallest absolute Gasteiger partial charge is 0.296 e. The molecule has 16 heavy (non-hydrogen) atoms. The van der Waals surface area contributed by atoms with Crippen molar-refractivity contribution in [2.45, 2.75) is 47.1 Å². The Hall–Kier alpha value is -0.460. The normalized spacial score (nSPS) is 13.9. The van der Waals surface area contributed by atoms with Crippen LogP contribution in [0, 0.1) is 5.41 Å². The standard InChI is InChI=1S/C10H21NO4S/c1-9(2,3)8(12)7-15-16(13,14)11-10(4,5)6/h11H,7H2,1-6H3. The first-order valence-corrected chi connectivity index (χ1v) is 6.46. The van der Waals surface area contributed by atoms with Crippen molar-refractivity contribution in [1.29, 1.82) is 0 Å². The Morgan fingerprint density at radius 2 is 1.56 bits per heavy atom. The quantitative estimate of drug-likeness (QED) is 0.816. The third-order valence-electron chi connectivity index (χ3n) is 1.61. The lowest BCUT2D eigenvalue weighted by molar-refractivity contribution is -0.128. The highest BCUT2D eigenvalue weighted by Gasteiger charge is 2.26. The van der Waals surface area contributed by atoms with Gasteiger partial charge in [0.05, 0.1) is 0 Å². The van der Waals surface area contributed by atoms with Gasteiger partial charge in [-0.3, -0.25) is 8.98 Å². The molecule has 0 saturated heterocycles. The number of rotatable bonds is 4. The van der Waals surface area contributed by atoms with E-state index in [1.54, 1.807) is 41.5 Å². The Labute approximate surface area is 97.8 Å². The molecule has 0 rings (SSSR count). The minimum atomic E-state index is -3.87. The Kier molecular flexibility index (Phi) is 4.67. The third kappa shape index (κ3) is 6.92. The van der Waals surface area contributed by atoms with Crippen LogP contribution in [0.2, 0.25) is 0 Å². The molecule has 0 aromatic heterocycles. The average molecular weight is 251 g/mol. The van der Waals surface area contributed by atoms with E-state index < -0.39 is 27.9 Å². The molecular weight excluding hydrogens is 230 g/mol. The first kappa shape index (κ1) is 15.5. The lowest BCUT2D eigenvalue weighted by atomic mass is 9.91. The highest BCUT2D eigenvalue weighted by molar-refractivity contribution is 7.84. The highest BCUT2D eigenvalue weighted by Crippen LogP contribution is 2.15. The monoisotopic (exact) mass is 251 g/mol. The van der Waals surface area contributed by atoms with Gasteiger partial charge in [0.2, 0.25) is 0 Å².